The highest BCUT2D eigenvalue weighted by molar-refractivity contribution is 7.89. The minimum Gasteiger partial charge on any atom is -0.389 e. The molecule has 12 heteroatoms. The van der Waals surface area contributed by atoms with Crippen molar-refractivity contribution < 1.29 is 27.2 Å². The Morgan fingerprint density at radius 2 is 2.10 bits per heavy atom. The number of oxime groups is 1. The molecule has 0 aliphatic carbocycles. The average molecular weight is 455 g/mol. The van der Waals surface area contributed by atoms with Crippen molar-refractivity contribution in [1.29, 1.82) is 0 Å². The number of halogens is 1. The van der Waals surface area contributed by atoms with Crippen LogP contribution in [0, 0.1) is 5.13 Å². The van der Waals surface area contributed by atoms with Gasteiger partial charge in [-0.2, -0.15) is 8.70 Å². The predicted molar refractivity (Wildman–Crippen MR) is 107 cm³/mol. The summed E-state index contributed by atoms with van der Waals surface area (Å²) in [6.07, 6.45) is 2.20. The van der Waals surface area contributed by atoms with Gasteiger partial charge in [0.15, 0.2) is 22.1 Å². The van der Waals surface area contributed by atoms with Crippen LogP contribution in [-0.2, 0) is 24.4 Å². The van der Waals surface area contributed by atoms with E-state index < -0.39 is 21.1 Å². The Balaban J connectivity index is 1.57. The number of anilines is 1. The van der Waals surface area contributed by atoms with Gasteiger partial charge < -0.3 is 9.57 Å². The van der Waals surface area contributed by atoms with E-state index in [2.05, 4.69) is 15.5 Å². The highest BCUT2D eigenvalue weighted by Crippen LogP contribution is 2.22. The zero-order chi connectivity index (χ0) is 21.1. The molecule has 0 unspecified atom stereocenters. The number of rotatable bonds is 7. The monoisotopic (exact) mass is 454 g/mol. The third kappa shape index (κ3) is 4.51. The van der Waals surface area contributed by atoms with Gasteiger partial charge in [-0.25, -0.2) is 13.4 Å². The van der Waals surface area contributed by atoms with E-state index >= 15 is 0 Å². The molecule has 30 heavy (non-hydrogen) atoms. The molecule has 3 heterocycles. The molecule has 2 aliphatic heterocycles. The Hall–Kier alpha value is -2.41. The summed E-state index contributed by atoms with van der Waals surface area (Å²) >= 11 is 0.680. The molecule has 1 N–H and O–H groups in total. The first kappa shape index (κ1) is 20.8. The minimum atomic E-state index is -3.54. The molecule has 2 aliphatic rings. The van der Waals surface area contributed by atoms with E-state index in [4.69, 9.17) is 9.57 Å². The maximum Gasteiger partial charge on any atom is 0.280 e. The van der Waals surface area contributed by atoms with Crippen LogP contribution in [0.25, 0.3) is 0 Å². The first-order chi connectivity index (χ1) is 14.4. The number of sulfonamides is 1. The van der Waals surface area contributed by atoms with Crippen molar-refractivity contribution >= 4 is 38.1 Å². The number of ether oxygens (including phenoxy) is 1. The molecular weight excluding hydrogens is 435 g/mol. The summed E-state index contributed by atoms with van der Waals surface area (Å²) in [7, 11) is -3.54. The molecule has 0 saturated carbocycles. The van der Waals surface area contributed by atoms with Gasteiger partial charge in [0.1, 0.15) is 0 Å². The maximum atomic E-state index is 13.2. The number of nitrogens with one attached hydrogen (secondary N) is 1. The van der Waals surface area contributed by atoms with Crippen LogP contribution < -0.4 is 5.32 Å². The normalized spacial score (nSPS) is 20.0. The summed E-state index contributed by atoms with van der Waals surface area (Å²) in [4.78, 5) is 22.1. The highest BCUT2D eigenvalue weighted by Gasteiger charge is 2.29. The van der Waals surface area contributed by atoms with E-state index in [0.29, 0.717) is 49.6 Å². The lowest BCUT2D eigenvalue weighted by atomic mass is 10.1. The molecule has 4 rings (SSSR count). The summed E-state index contributed by atoms with van der Waals surface area (Å²) in [6.45, 7) is 1.91. The Morgan fingerprint density at radius 1 is 1.33 bits per heavy atom. The first-order valence-corrected chi connectivity index (χ1v) is 11.5. The lowest BCUT2D eigenvalue weighted by Crippen LogP contribution is -2.41. The minimum absolute atomic E-state index is 0.0754. The van der Waals surface area contributed by atoms with E-state index in [0.717, 1.165) is 12.6 Å². The van der Waals surface area contributed by atoms with Gasteiger partial charge in [0.25, 0.3) is 5.91 Å². The van der Waals surface area contributed by atoms with Crippen LogP contribution in [0.15, 0.2) is 40.5 Å². The van der Waals surface area contributed by atoms with Crippen LogP contribution in [0.5, 0.6) is 0 Å². The number of benzene rings is 1. The lowest BCUT2D eigenvalue weighted by Gasteiger charge is -2.29. The van der Waals surface area contributed by atoms with Crippen molar-refractivity contribution in [3.8, 4) is 0 Å². The smallest absolute Gasteiger partial charge is 0.280 e. The third-order valence-electron chi connectivity index (χ3n) is 4.67. The van der Waals surface area contributed by atoms with E-state index in [1.165, 1.54) is 28.6 Å². The Bertz CT molecular complexity index is 1040. The predicted octanol–water partition coefficient (Wildman–Crippen LogP) is 1.82. The van der Waals surface area contributed by atoms with Crippen LogP contribution in [0.2, 0.25) is 0 Å². The van der Waals surface area contributed by atoms with Gasteiger partial charge in [0, 0.05) is 25.1 Å². The average Bonchev–Trinajstić information content (AvgIpc) is 3.32. The molecule has 2 fully saturated rings. The molecule has 1 amide bonds. The summed E-state index contributed by atoms with van der Waals surface area (Å²) in [5.41, 5.74) is 0.274. The van der Waals surface area contributed by atoms with Gasteiger partial charge in [-0.1, -0.05) is 28.6 Å². The van der Waals surface area contributed by atoms with Gasteiger partial charge in [0.05, 0.1) is 24.3 Å². The number of carbonyl (C=O) groups excluding carboxylic acids is 1. The Labute approximate surface area is 176 Å². The zero-order valence-electron chi connectivity index (χ0n) is 15.8. The van der Waals surface area contributed by atoms with Crippen LogP contribution in [0.3, 0.4) is 0 Å². The van der Waals surface area contributed by atoms with E-state index in [-0.39, 0.29) is 21.8 Å². The van der Waals surface area contributed by atoms with Gasteiger partial charge in [-0.15, -0.1) is 0 Å². The van der Waals surface area contributed by atoms with Crippen LogP contribution in [-0.4, -0.2) is 61.7 Å². The van der Waals surface area contributed by atoms with Gasteiger partial charge in [-0.05, 0) is 18.6 Å². The van der Waals surface area contributed by atoms with Crippen LogP contribution >= 0.6 is 11.3 Å². The van der Waals surface area contributed by atoms with Gasteiger partial charge >= 0.3 is 0 Å². The number of nitrogens with zero attached hydrogens (tertiary/aromatic N) is 3. The summed E-state index contributed by atoms with van der Waals surface area (Å²) in [5, 5.41) is 6.00. The maximum absolute atomic E-state index is 13.2. The van der Waals surface area contributed by atoms with E-state index in [1.807, 2.05) is 0 Å². The van der Waals surface area contributed by atoms with Crippen LogP contribution in [0.1, 0.15) is 18.4 Å². The molecule has 1 atom stereocenters. The number of hydrogen-bond acceptors (Lipinski definition) is 8. The van der Waals surface area contributed by atoms with Gasteiger partial charge in [0.2, 0.25) is 10.0 Å². The van der Waals surface area contributed by atoms with Crippen molar-refractivity contribution in [3.63, 3.8) is 0 Å². The Morgan fingerprint density at radius 3 is 2.67 bits per heavy atom. The fourth-order valence-corrected chi connectivity index (χ4v) is 4.93. The van der Waals surface area contributed by atoms with Crippen LogP contribution in [0.4, 0.5) is 9.52 Å². The number of aromatic nitrogens is 1. The molecule has 2 saturated heterocycles. The molecule has 0 bridgehead atoms. The fourth-order valence-electron chi connectivity index (χ4n) is 2.88. The molecule has 9 nitrogen and oxygen atoms in total. The summed E-state index contributed by atoms with van der Waals surface area (Å²) in [5.74, 6) is -0.651. The second-order valence-electron chi connectivity index (χ2n) is 6.74. The lowest BCUT2D eigenvalue weighted by molar-refractivity contribution is -0.110. The van der Waals surface area contributed by atoms with Crippen molar-refractivity contribution in [2.24, 2.45) is 5.16 Å². The molecule has 0 spiro atoms. The Kier molecular flexibility index (Phi) is 6.09. The number of amides is 1. The SMILES string of the molecule is O=C(Nc1ncc(F)s1)C(=NO[C@@H]1CCOC1)c1ccc(S(=O)(=O)N2CCC2)cc1. The number of carbonyl (C=O) groups is 1. The fraction of sp³-hybridized carbons (Fsp3) is 0.389. The number of hydrogen-bond donors (Lipinski definition) is 1. The summed E-state index contributed by atoms with van der Waals surface area (Å²) < 4.78 is 44.8. The second-order valence-corrected chi connectivity index (χ2v) is 9.66. The first-order valence-electron chi connectivity index (χ1n) is 9.28. The standard InChI is InChI=1S/C18H19FN4O5S2/c19-15-10-20-18(29-15)21-17(24)16(22-28-13-6-9-27-11-13)12-2-4-14(5-3-12)30(25,26)23-7-1-8-23/h2-5,10,13H,1,6-9,11H2,(H,20,21,24)/t13-/m1/s1. The highest BCUT2D eigenvalue weighted by atomic mass is 32.2. The molecule has 160 valence electrons. The largest absolute Gasteiger partial charge is 0.389 e. The van der Waals surface area contributed by atoms with Crippen molar-refractivity contribution in [1.82, 2.24) is 9.29 Å². The topological polar surface area (TPSA) is 110 Å². The van der Waals surface area contributed by atoms with Crippen molar-refractivity contribution in [2.75, 3.05) is 31.6 Å². The second kappa shape index (κ2) is 8.76. The van der Waals surface area contributed by atoms with E-state index in [1.54, 1.807) is 0 Å². The van der Waals surface area contributed by atoms with E-state index in [9.17, 15) is 17.6 Å². The molecule has 0 radical (unpaired) electrons. The molecule has 1 aromatic carbocycles. The molecule has 2 aromatic rings. The number of thiazole rings is 1. The summed E-state index contributed by atoms with van der Waals surface area (Å²) in [6, 6.07) is 5.82. The quantitative estimate of drug-likeness (QED) is 0.505. The van der Waals surface area contributed by atoms with Crippen molar-refractivity contribution in [3.05, 3.63) is 41.2 Å². The van der Waals surface area contributed by atoms with Crippen molar-refractivity contribution in [2.45, 2.75) is 23.8 Å². The third-order valence-corrected chi connectivity index (χ3v) is 7.29. The molecule has 1 aromatic heterocycles. The van der Waals surface area contributed by atoms with Gasteiger partial charge in [-0.3, -0.25) is 10.1 Å². The molecular formula is C18H19FN4O5S2. The zero-order valence-corrected chi connectivity index (χ0v) is 17.4.